The monoisotopic (exact) mass is 264 g/mol. The molecule has 1 saturated heterocycles. The van der Waals surface area contributed by atoms with E-state index in [4.69, 9.17) is 9.47 Å². The van der Waals surface area contributed by atoms with Crippen LogP contribution in [0, 0.1) is 6.92 Å². The maximum absolute atomic E-state index is 5.42. The van der Waals surface area contributed by atoms with Crippen LogP contribution in [0.1, 0.15) is 30.0 Å². The smallest absolute Gasteiger partial charge is 0.161 e. The summed E-state index contributed by atoms with van der Waals surface area (Å²) in [5, 5.41) is 7.00. The predicted molar refractivity (Wildman–Crippen MR) is 77.1 cm³/mol. The standard InChI is InChI=1S/C15H24N2O2/c1-10-8-13(18-3)14(19-4)9-11(10)15(16-2)12-6-5-7-17-12/h8-9,12,15-17H,5-7H2,1-4H3. The third-order valence-electron chi connectivity index (χ3n) is 3.92. The molecule has 0 radical (unpaired) electrons. The highest BCUT2D eigenvalue weighted by molar-refractivity contribution is 5.48. The Morgan fingerprint density at radius 3 is 2.47 bits per heavy atom. The van der Waals surface area contributed by atoms with E-state index in [0.29, 0.717) is 12.1 Å². The Bertz CT molecular complexity index is 428. The lowest BCUT2D eigenvalue weighted by Gasteiger charge is -2.26. The second-order valence-corrected chi connectivity index (χ2v) is 5.03. The number of aryl methyl sites for hydroxylation is 1. The molecule has 2 atom stereocenters. The molecule has 2 rings (SSSR count). The van der Waals surface area contributed by atoms with Gasteiger partial charge in [0.25, 0.3) is 0 Å². The Labute approximate surface area is 115 Å². The molecule has 1 fully saturated rings. The summed E-state index contributed by atoms with van der Waals surface area (Å²) in [6.07, 6.45) is 2.45. The zero-order valence-corrected chi connectivity index (χ0v) is 12.2. The molecule has 1 aliphatic rings. The number of likely N-dealkylation sites (N-methyl/N-ethyl adjacent to an activating group) is 1. The van der Waals surface area contributed by atoms with Crippen LogP contribution in [-0.2, 0) is 0 Å². The van der Waals surface area contributed by atoms with Crippen LogP contribution >= 0.6 is 0 Å². The first-order valence-corrected chi connectivity index (χ1v) is 6.84. The molecule has 4 nitrogen and oxygen atoms in total. The summed E-state index contributed by atoms with van der Waals surface area (Å²) in [6, 6.07) is 4.94. The van der Waals surface area contributed by atoms with E-state index >= 15 is 0 Å². The highest BCUT2D eigenvalue weighted by Gasteiger charge is 2.26. The van der Waals surface area contributed by atoms with Gasteiger partial charge in [-0.3, -0.25) is 0 Å². The van der Waals surface area contributed by atoms with Gasteiger partial charge in [0.1, 0.15) is 0 Å². The molecule has 1 aromatic carbocycles. The van der Waals surface area contributed by atoms with Crippen molar-refractivity contribution in [3.05, 3.63) is 23.3 Å². The minimum Gasteiger partial charge on any atom is -0.493 e. The summed E-state index contributed by atoms with van der Waals surface area (Å²) in [5.41, 5.74) is 2.50. The van der Waals surface area contributed by atoms with Crippen LogP contribution in [0.5, 0.6) is 11.5 Å². The summed E-state index contributed by atoms with van der Waals surface area (Å²) in [5.74, 6) is 1.58. The first-order chi connectivity index (χ1) is 9.21. The maximum atomic E-state index is 5.42. The largest absolute Gasteiger partial charge is 0.493 e. The number of benzene rings is 1. The van der Waals surface area contributed by atoms with Crippen LogP contribution < -0.4 is 20.1 Å². The number of nitrogens with one attached hydrogen (secondary N) is 2. The summed E-state index contributed by atoms with van der Waals surface area (Å²) < 4.78 is 10.8. The molecule has 1 aliphatic heterocycles. The average molecular weight is 264 g/mol. The van der Waals surface area contributed by atoms with E-state index in [9.17, 15) is 0 Å². The van der Waals surface area contributed by atoms with E-state index < -0.39 is 0 Å². The maximum Gasteiger partial charge on any atom is 0.161 e. The lowest BCUT2D eigenvalue weighted by molar-refractivity contribution is 0.352. The predicted octanol–water partition coefficient (Wildman–Crippen LogP) is 2.02. The van der Waals surface area contributed by atoms with E-state index in [1.54, 1.807) is 14.2 Å². The Kier molecular flexibility index (Phi) is 4.66. The topological polar surface area (TPSA) is 42.5 Å². The minimum atomic E-state index is 0.308. The highest BCUT2D eigenvalue weighted by atomic mass is 16.5. The van der Waals surface area contributed by atoms with Crippen LogP contribution in [-0.4, -0.2) is 33.9 Å². The Morgan fingerprint density at radius 2 is 1.95 bits per heavy atom. The SMILES string of the molecule is CNC(c1cc(OC)c(OC)cc1C)C1CCCN1. The van der Waals surface area contributed by atoms with Crippen molar-refractivity contribution in [1.29, 1.82) is 0 Å². The number of hydrogen-bond acceptors (Lipinski definition) is 4. The first kappa shape index (κ1) is 14.2. The Morgan fingerprint density at radius 1 is 1.26 bits per heavy atom. The molecule has 0 spiro atoms. The molecule has 0 aromatic heterocycles. The van der Waals surface area contributed by atoms with Crippen molar-refractivity contribution < 1.29 is 9.47 Å². The fraction of sp³-hybridized carbons (Fsp3) is 0.600. The van der Waals surface area contributed by atoms with E-state index in [1.165, 1.54) is 24.0 Å². The Balaban J connectivity index is 2.36. The van der Waals surface area contributed by atoms with Gasteiger partial charge in [0.05, 0.1) is 14.2 Å². The van der Waals surface area contributed by atoms with Gasteiger partial charge in [0, 0.05) is 12.1 Å². The van der Waals surface area contributed by atoms with Gasteiger partial charge in [-0.15, -0.1) is 0 Å². The molecule has 2 N–H and O–H groups in total. The van der Waals surface area contributed by atoms with Gasteiger partial charge >= 0.3 is 0 Å². The second kappa shape index (κ2) is 6.26. The van der Waals surface area contributed by atoms with Crippen LogP contribution in [0.2, 0.25) is 0 Å². The van der Waals surface area contributed by atoms with Crippen molar-refractivity contribution >= 4 is 0 Å². The van der Waals surface area contributed by atoms with Gasteiger partial charge in [0.15, 0.2) is 11.5 Å². The fourth-order valence-electron chi connectivity index (χ4n) is 2.90. The average Bonchev–Trinajstić information content (AvgIpc) is 2.94. The molecule has 2 unspecified atom stereocenters. The van der Waals surface area contributed by atoms with Gasteiger partial charge in [0.2, 0.25) is 0 Å². The summed E-state index contributed by atoms with van der Waals surface area (Å²) in [7, 11) is 5.37. The number of rotatable bonds is 5. The minimum absolute atomic E-state index is 0.308. The Hall–Kier alpha value is -1.26. The zero-order valence-electron chi connectivity index (χ0n) is 12.2. The molecule has 1 aromatic rings. The van der Waals surface area contributed by atoms with Crippen molar-refractivity contribution in [3.63, 3.8) is 0 Å². The molecule has 0 amide bonds. The van der Waals surface area contributed by atoms with Crippen molar-refractivity contribution in [2.45, 2.75) is 31.8 Å². The summed E-state index contributed by atoms with van der Waals surface area (Å²) in [4.78, 5) is 0. The lowest BCUT2D eigenvalue weighted by Crippen LogP contribution is -2.36. The summed E-state index contributed by atoms with van der Waals surface area (Å²) in [6.45, 7) is 3.23. The molecular weight excluding hydrogens is 240 g/mol. The molecule has 19 heavy (non-hydrogen) atoms. The third-order valence-corrected chi connectivity index (χ3v) is 3.92. The summed E-state index contributed by atoms with van der Waals surface area (Å²) >= 11 is 0. The normalized spacial score (nSPS) is 20.3. The molecular formula is C15H24N2O2. The fourth-order valence-corrected chi connectivity index (χ4v) is 2.90. The van der Waals surface area contributed by atoms with Gasteiger partial charge in [-0.1, -0.05) is 0 Å². The lowest BCUT2D eigenvalue weighted by atomic mass is 9.94. The van der Waals surface area contributed by atoms with Gasteiger partial charge in [-0.05, 0) is 56.6 Å². The highest BCUT2D eigenvalue weighted by Crippen LogP contribution is 2.34. The van der Waals surface area contributed by atoms with Crippen LogP contribution in [0.25, 0.3) is 0 Å². The van der Waals surface area contributed by atoms with Crippen LogP contribution in [0.15, 0.2) is 12.1 Å². The second-order valence-electron chi connectivity index (χ2n) is 5.03. The van der Waals surface area contributed by atoms with Crippen molar-refractivity contribution in [3.8, 4) is 11.5 Å². The molecule has 0 saturated carbocycles. The van der Waals surface area contributed by atoms with E-state index in [0.717, 1.165) is 18.0 Å². The molecule has 106 valence electrons. The molecule has 4 heteroatoms. The first-order valence-electron chi connectivity index (χ1n) is 6.84. The van der Waals surface area contributed by atoms with Crippen molar-refractivity contribution in [1.82, 2.24) is 10.6 Å². The third kappa shape index (κ3) is 2.85. The van der Waals surface area contributed by atoms with Crippen LogP contribution in [0.4, 0.5) is 0 Å². The van der Waals surface area contributed by atoms with E-state index in [-0.39, 0.29) is 0 Å². The van der Waals surface area contributed by atoms with Gasteiger partial charge < -0.3 is 20.1 Å². The van der Waals surface area contributed by atoms with Crippen molar-refractivity contribution in [2.24, 2.45) is 0 Å². The van der Waals surface area contributed by atoms with Crippen molar-refractivity contribution in [2.75, 3.05) is 27.8 Å². The molecule has 0 aliphatic carbocycles. The zero-order chi connectivity index (χ0) is 13.8. The quantitative estimate of drug-likeness (QED) is 0.854. The van der Waals surface area contributed by atoms with Crippen LogP contribution in [0.3, 0.4) is 0 Å². The van der Waals surface area contributed by atoms with E-state index in [2.05, 4.69) is 23.6 Å². The molecule has 0 bridgehead atoms. The van der Waals surface area contributed by atoms with E-state index in [1.807, 2.05) is 13.1 Å². The van der Waals surface area contributed by atoms with Gasteiger partial charge in [-0.2, -0.15) is 0 Å². The number of ether oxygens (including phenoxy) is 2. The molecule has 1 heterocycles. The van der Waals surface area contributed by atoms with Gasteiger partial charge in [-0.25, -0.2) is 0 Å². The number of hydrogen-bond donors (Lipinski definition) is 2. The number of methoxy groups -OCH3 is 2.